The van der Waals surface area contributed by atoms with Gasteiger partial charge in [-0.25, -0.2) is 4.79 Å². The number of aliphatic hydroxyl groups is 1. The first-order valence-electron chi connectivity index (χ1n) is 3.51. The van der Waals surface area contributed by atoms with Crippen LogP contribution < -0.4 is 0 Å². The standard InChI is InChI=1S/C8H10O3S/c1-5(9)6-3-4-7(12-6)8(10)11-2/h3-5,9H,1-2H3/t5-/m1/s1. The first kappa shape index (κ1) is 9.22. The normalized spacial score (nSPS) is 12.6. The van der Waals surface area contributed by atoms with E-state index in [1.54, 1.807) is 19.1 Å². The van der Waals surface area contributed by atoms with Gasteiger partial charge in [-0.3, -0.25) is 0 Å². The molecule has 1 N–H and O–H groups in total. The topological polar surface area (TPSA) is 46.5 Å². The van der Waals surface area contributed by atoms with E-state index in [2.05, 4.69) is 4.74 Å². The molecule has 0 saturated carbocycles. The molecule has 1 atom stereocenters. The number of aliphatic hydroxyl groups excluding tert-OH is 1. The second kappa shape index (κ2) is 3.69. The van der Waals surface area contributed by atoms with Gasteiger partial charge in [-0.15, -0.1) is 11.3 Å². The lowest BCUT2D eigenvalue weighted by Crippen LogP contribution is -1.96. The van der Waals surface area contributed by atoms with Crippen LogP contribution in [0.1, 0.15) is 27.6 Å². The Morgan fingerprint density at radius 3 is 2.75 bits per heavy atom. The minimum Gasteiger partial charge on any atom is -0.465 e. The third-order valence-electron chi connectivity index (χ3n) is 1.43. The van der Waals surface area contributed by atoms with Crippen molar-refractivity contribution in [2.75, 3.05) is 7.11 Å². The Labute approximate surface area is 74.6 Å². The van der Waals surface area contributed by atoms with E-state index in [4.69, 9.17) is 5.11 Å². The number of rotatable bonds is 2. The Bertz CT molecular complexity index is 278. The van der Waals surface area contributed by atoms with E-state index in [9.17, 15) is 4.79 Å². The minimum atomic E-state index is -0.520. The summed E-state index contributed by atoms with van der Waals surface area (Å²) in [6.07, 6.45) is -0.520. The molecule has 12 heavy (non-hydrogen) atoms. The number of methoxy groups -OCH3 is 1. The number of carbonyl (C=O) groups is 1. The molecule has 0 amide bonds. The first-order chi connectivity index (χ1) is 5.65. The van der Waals surface area contributed by atoms with Gasteiger partial charge in [-0.05, 0) is 19.1 Å². The molecule has 3 nitrogen and oxygen atoms in total. The van der Waals surface area contributed by atoms with Gasteiger partial charge in [0, 0.05) is 4.88 Å². The van der Waals surface area contributed by atoms with Crippen molar-refractivity contribution in [1.29, 1.82) is 0 Å². The fourth-order valence-electron chi connectivity index (χ4n) is 0.788. The Hall–Kier alpha value is -0.870. The molecule has 0 aliphatic rings. The summed E-state index contributed by atoms with van der Waals surface area (Å²) in [7, 11) is 1.34. The predicted molar refractivity (Wildman–Crippen MR) is 46.3 cm³/mol. The van der Waals surface area contributed by atoms with Crippen molar-refractivity contribution >= 4 is 17.3 Å². The smallest absolute Gasteiger partial charge is 0.348 e. The zero-order chi connectivity index (χ0) is 9.14. The molecule has 66 valence electrons. The van der Waals surface area contributed by atoms with Gasteiger partial charge in [0.05, 0.1) is 13.2 Å². The lowest BCUT2D eigenvalue weighted by Gasteiger charge is -1.97. The molecule has 1 aromatic heterocycles. The summed E-state index contributed by atoms with van der Waals surface area (Å²) in [5, 5.41) is 9.15. The lowest BCUT2D eigenvalue weighted by atomic mass is 10.3. The van der Waals surface area contributed by atoms with E-state index in [-0.39, 0.29) is 5.97 Å². The molecule has 0 unspecified atom stereocenters. The number of carbonyl (C=O) groups excluding carboxylic acids is 1. The average Bonchev–Trinajstić information content (AvgIpc) is 2.51. The zero-order valence-corrected chi connectivity index (χ0v) is 7.72. The van der Waals surface area contributed by atoms with Crippen LogP contribution in [0.15, 0.2) is 12.1 Å². The average molecular weight is 186 g/mol. The highest BCUT2D eigenvalue weighted by molar-refractivity contribution is 7.14. The third kappa shape index (κ3) is 1.84. The van der Waals surface area contributed by atoms with Crippen LogP contribution in [0, 0.1) is 0 Å². The molecule has 1 heterocycles. The molecule has 0 fully saturated rings. The van der Waals surface area contributed by atoms with Crippen LogP contribution in [0.5, 0.6) is 0 Å². The quantitative estimate of drug-likeness (QED) is 0.713. The summed E-state index contributed by atoms with van der Waals surface area (Å²) in [4.78, 5) is 12.3. The summed E-state index contributed by atoms with van der Waals surface area (Å²) >= 11 is 1.25. The molecule has 0 radical (unpaired) electrons. The number of hydrogen-bond donors (Lipinski definition) is 1. The van der Waals surface area contributed by atoms with Gasteiger partial charge in [-0.1, -0.05) is 0 Å². The second-order valence-electron chi connectivity index (χ2n) is 2.37. The van der Waals surface area contributed by atoms with Gasteiger partial charge in [-0.2, -0.15) is 0 Å². The fraction of sp³-hybridized carbons (Fsp3) is 0.375. The maximum atomic E-state index is 11.0. The van der Waals surface area contributed by atoms with Gasteiger partial charge < -0.3 is 9.84 Å². The van der Waals surface area contributed by atoms with Gasteiger partial charge in [0.25, 0.3) is 0 Å². The van der Waals surface area contributed by atoms with Gasteiger partial charge >= 0.3 is 5.97 Å². The van der Waals surface area contributed by atoms with Crippen molar-refractivity contribution in [3.05, 3.63) is 21.9 Å². The van der Waals surface area contributed by atoms with Crippen molar-refractivity contribution in [3.8, 4) is 0 Å². The SMILES string of the molecule is COC(=O)c1ccc([C@@H](C)O)s1. The van der Waals surface area contributed by atoms with Gasteiger partial charge in [0.1, 0.15) is 4.88 Å². The summed E-state index contributed by atoms with van der Waals surface area (Å²) in [6.45, 7) is 1.66. The maximum absolute atomic E-state index is 11.0. The van der Waals surface area contributed by atoms with Gasteiger partial charge in [0.15, 0.2) is 0 Å². The molecular weight excluding hydrogens is 176 g/mol. The highest BCUT2D eigenvalue weighted by atomic mass is 32.1. The highest BCUT2D eigenvalue weighted by Crippen LogP contribution is 2.23. The van der Waals surface area contributed by atoms with Crippen molar-refractivity contribution in [2.45, 2.75) is 13.0 Å². The van der Waals surface area contributed by atoms with E-state index >= 15 is 0 Å². The summed E-state index contributed by atoms with van der Waals surface area (Å²) in [5.41, 5.74) is 0. The minimum absolute atomic E-state index is 0.355. The summed E-state index contributed by atoms with van der Waals surface area (Å²) < 4.78 is 4.52. The van der Waals surface area contributed by atoms with Crippen molar-refractivity contribution in [2.24, 2.45) is 0 Å². The van der Waals surface area contributed by atoms with Crippen LogP contribution in [0.2, 0.25) is 0 Å². The Morgan fingerprint density at radius 2 is 2.33 bits per heavy atom. The van der Waals surface area contributed by atoms with Crippen molar-refractivity contribution < 1.29 is 14.6 Å². The van der Waals surface area contributed by atoms with Crippen LogP contribution in [-0.2, 0) is 4.74 Å². The second-order valence-corrected chi connectivity index (χ2v) is 3.48. The lowest BCUT2D eigenvalue weighted by molar-refractivity contribution is 0.0606. The van der Waals surface area contributed by atoms with Crippen LogP contribution in [-0.4, -0.2) is 18.2 Å². The maximum Gasteiger partial charge on any atom is 0.348 e. The zero-order valence-electron chi connectivity index (χ0n) is 6.90. The summed E-state index contributed by atoms with van der Waals surface area (Å²) in [6, 6.07) is 3.38. The van der Waals surface area contributed by atoms with Crippen LogP contribution in [0.25, 0.3) is 0 Å². The molecule has 0 saturated heterocycles. The van der Waals surface area contributed by atoms with Crippen LogP contribution in [0.3, 0.4) is 0 Å². The summed E-state index contributed by atoms with van der Waals surface area (Å²) in [5.74, 6) is -0.355. The van der Waals surface area contributed by atoms with Gasteiger partial charge in [0.2, 0.25) is 0 Å². The Morgan fingerprint density at radius 1 is 1.67 bits per heavy atom. The molecule has 0 aromatic carbocycles. The fourth-order valence-corrected chi connectivity index (χ4v) is 1.65. The van der Waals surface area contributed by atoms with E-state index in [0.717, 1.165) is 4.88 Å². The molecule has 1 rings (SSSR count). The molecule has 0 aliphatic heterocycles. The Balaban J connectivity index is 2.84. The molecular formula is C8H10O3S. The highest BCUT2D eigenvalue weighted by Gasteiger charge is 2.10. The van der Waals surface area contributed by atoms with E-state index in [0.29, 0.717) is 4.88 Å². The molecule has 4 heteroatoms. The predicted octanol–water partition coefficient (Wildman–Crippen LogP) is 1.59. The Kier molecular flexibility index (Phi) is 2.83. The van der Waals surface area contributed by atoms with E-state index in [1.165, 1.54) is 18.4 Å². The van der Waals surface area contributed by atoms with Crippen molar-refractivity contribution in [1.82, 2.24) is 0 Å². The van der Waals surface area contributed by atoms with E-state index < -0.39 is 6.10 Å². The van der Waals surface area contributed by atoms with Crippen molar-refractivity contribution in [3.63, 3.8) is 0 Å². The number of hydrogen-bond acceptors (Lipinski definition) is 4. The molecule has 0 bridgehead atoms. The molecule has 1 aromatic rings. The van der Waals surface area contributed by atoms with Crippen LogP contribution in [0.4, 0.5) is 0 Å². The third-order valence-corrected chi connectivity index (χ3v) is 2.66. The largest absolute Gasteiger partial charge is 0.465 e. The number of ether oxygens (including phenoxy) is 1. The number of esters is 1. The monoisotopic (exact) mass is 186 g/mol. The van der Waals surface area contributed by atoms with E-state index in [1.807, 2.05) is 0 Å². The molecule has 0 spiro atoms. The molecule has 0 aliphatic carbocycles. The first-order valence-corrected chi connectivity index (χ1v) is 4.33. The van der Waals surface area contributed by atoms with Crippen LogP contribution >= 0.6 is 11.3 Å². The number of thiophene rings is 1.